The molecule has 7 heteroatoms. The van der Waals surface area contributed by atoms with Gasteiger partial charge in [-0.05, 0) is 32.4 Å². The number of nitrogens with one attached hydrogen (secondary N) is 1. The average Bonchev–Trinajstić information content (AvgIpc) is 2.44. The Labute approximate surface area is 150 Å². The summed E-state index contributed by atoms with van der Waals surface area (Å²) in [6.07, 6.45) is 7.68. The van der Waals surface area contributed by atoms with Gasteiger partial charge in [0.05, 0.1) is 6.04 Å². The minimum atomic E-state index is -1.08. The van der Waals surface area contributed by atoms with Crippen LogP contribution in [0, 0.1) is 0 Å². The van der Waals surface area contributed by atoms with Gasteiger partial charge >= 0.3 is 17.1 Å². The fourth-order valence-corrected chi connectivity index (χ4v) is 2.92. The number of carboxylic acids is 2. The molecule has 23 heavy (non-hydrogen) atoms. The van der Waals surface area contributed by atoms with E-state index in [0.29, 0.717) is 6.04 Å². The number of aliphatic carboxylic acids is 2. The summed E-state index contributed by atoms with van der Waals surface area (Å²) in [7, 11) is 0. The number of carbonyl (C=O) groups excluding carboxylic acids is 2. The van der Waals surface area contributed by atoms with Crippen molar-refractivity contribution >= 4 is 29.4 Å². The molecule has 1 atom stereocenters. The summed E-state index contributed by atoms with van der Waals surface area (Å²) >= 11 is 1.89. The Morgan fingerprint density at radius 2 is 1.74 bits per heavy atom. The van der Waals surface area contributed by atoms with Crippen LogP contribution in [0.25, 0.3) is 0 Å². The monoisotopic (exact) mass is 382 g/mol. The molecule has 1 aromatic rings. The second kappa shape index (κ2) is 10.9. The summed E-state index contributed by atoms with van der Waals surface area (Å²) in [6, 6.07) is 8.99. The summed E-state index contributed by atoms with van der Waals surface area (Å²) in [5.41, 5.74) is 1.27. The Kier molecular flexibility index (Phi) is 10.1. The van der Waals surface area contributed by atoms with Crippen LogP contribution < -0.4 is 15.5 Å². The molecule has 1 aliphatic heterocycles. The average molecular weight is 383 g/mol. The molecule has 2 aliphatic rings. The van der Waals surface area contributed by atoms with Crippen molar-refractivity contribution in [3.63, 3.8) is 0 Å². The zero-order valence-electron chi connectivity index (χ0n) is 12.7. The maximum Gasteiger partial charge on any atom is 2.00 e. The molecule has 1 aromatic carbocycles. The molecule has 0 saturated carbocycles. The van der Waals surface area contributed by atoms with Crippen LogP contribution in [-0.2, 0) is 26.7 Å². The van der Waals surface area contributed by atoms with Gasteiger partial charge in [-0.1, -0.05) is 42.1 Å². The number of rotatable bonds is 0. The number of benzene rings is 1. The SMILES string of the molecule is C1=CCC2Nc3ccccc3SC2=C1.CC(=O)[O-].CC(=O)[O-].[Cu+2]. The number of anilines is 1. The quantitative estimate of drug-likeness (QED) is 0.671. The van der Waals surface area contributed by atoms with Crippen LogP contribution in [0.1, 0.15) is 20.3 Å². The van der Waals surface area contributed by atoms with Crippen LogP contribution in [0.15, 0.2) is 52.3 Å². The first kappa shape index (κ1) is 21.3. The molecule has 1 radical (unpaired) electrons. The fourth-order valence-electron chi connectivity index (χ4n) is 1.83. The number of para-hydroxylation sites is 1. The second-order valence-electron chi connectivity index (χ2n) is 4.51. The molecule has 1 unspecified atom stereocenters. The van der Waals surface area contributed by atoms with Gasteiger partial charge in [0.2, 0.25) is 0 Å². The Bertz CT molecular complexity index is 581. The molecule has 1 N–H and O–H groups in total. The van der Waals surface area contributed by atoms with Gasteiger partial charge in [0.1, 0.15) is 0 Å². The van der Waals surface area contributed by atoms with E-state index in [0.717, 1.165) is 20.3 Å². The third kappa shape index (κ3) is 8.50. The van der Waals surface area contributed by atoms with E-state index >= 15 is 0 Å². The number of fused-ring (bicyclic) bond motifs is 2. The fraction of sp³-hybridized carbons (Fsp3) is 0.250. The van der Waals surface area contributed by atoms with Crippen LogP contribution in [0.5, 0.6) is 0 Å². The van der Waals surface area contributed by atoms with Crippen molar-refractivity contribution in [3.05, 3.63) is 47.4 Å². The zero-order valence-corrected chi connectivity index (χ0v) is 14.4. The number of carbonyl (C=O) groups is 2. The number of hydrogen-bond acceptors (Lipinski definition) is 6. The predicted octanol–water partition coefficient (Wildman–Crippen LogP) is 0.926. The van der Waals surface area contributed by atoms with Gasteiger partial charge in [-0.2, -0.15) is 0 Å². The van der Waals surface area contributed by atoms with E-state index < -0.39 is 11.9 Å². The number of hydrogen-bond donors (Lipinski definition) is 1. The second-order valence-corrected chi connectivity index (χ2v) is 5.63. The molecule has 1 heterocycles. The Morgan fingerprint density at radius 3 is 2.35 bits per heavy atom. The van der Waals surface area contributed by atoms with Crippen molar-refractivity contribution in [2.45, 2.75) is 31.2 Å². The van der Waals surface area contributed by atoms with Gasteiger partial charge in [-0.3, -0.25) is 0 Å². The molecule has 3 rings (SSSR count). The van der Waals surface area contributed by atoms with Gasteiger partial charge < -0.3 is 25.1 Å². The van der Waals surface area contributed by atoms with Crippen molar-refractivity contribution in [1.29, 1.82) is 0 Å². The predicted molar refractivity (Wildman–Crippen MR) is 82.9 cm³/mol. The van der Waals surface area contributed by atoms with E-state index in [-0.39, 0.29) is 17.1 Å². The van der Waals surface area contributed by atoms with E-state index in [1.54, 1.807) is 0 Å². The van der Waals surface area contributed by atoms with E-state index in [2.05, 4.69) is 47.8 Å². The minimum Gasteiger partial charge on any atom is -0.550 e. The molecule has 0 amide bonds. The molecular weight excluding hydrogens is 366 g/mol. The standard InChI is InChI=1S/C12H11NS.2C2H4O2.Cu/c1-3-7-11-9(5-1)13-10-6-2-4-8-12(10)14-11;2*1-2(3)4;/h1-5,7-8,10,13H,6H2;2*1H3,(H,3,4);/q;;;+2/p-2. The summed E-state index contributed by atoms with van der Waals surface area (Å²) in [5, 5.41) is 21.3. The van der Waals surface area contributed by atoms with E-state index in [9.17, 15) is 0 Å². The topological polar surface area (TPSA) is 92.3 Å². The Morgan fingerprint density at radius 1 is 1.17 bits per heavy atom. The van der Waals surface area contributed by atoms with Crippen molar-refractivity contribution in [1.82, 2.24) is 0 Å². The minimum absolute atomic E-state index is 0. The maximum absolute atomic E-state index is 8.89. The molecule has 1 aliphatic carbocycles. The van der Waals surface area contributed by atoms with Crippen LogP contribution >= 0.6 is 11.8 Å². The first-order chi connectivity index (χ1) is 10.4. The smallest absolute Gasteiger partial charge is 0.550 e. The number of carboxylic acid groups (broad SMARTS) is 2. The van der Waals surface area contributed by atoms with Gasteiger partial charge in [0.15, 0.2) is 0 Å². The van der Waals surface area contributed by atoms with Crippen LogP contribution in [0.4, 0.5) is 5.69 Å². The summed E-state index contributed by atoms with van der Waals surface area (Å²) in [4.78, 5) is 20.6. The summed E-state index contributed by atoms with van der Waals surface area (Å²) < 4.78 is 0. The van der Waals surface area contributed by atoms with E-state index in [4.69, 9.17) is 19.8 Å². The Hall–Kier alpha value is -1.69. The zero-order chi connectivity index (χ0) is 16.5. The van der Waals surface area contributed by atoms with Crippen LogP contribution in [0.3, 0.4) is 0 Å². The van der Waals surface area contributed by atoms with Crippen molar-refractivity contribution < 1.29 is 36.9 Å². The molecule has 127 valence electrons. The van der Waals surface area contributed by atoms with Crippen molar-refractivity contribution in [2.75, 3.05) is 5.32 Å². The normalized spacial score (nSPS) is 16.3. The van der Waals surface area contributed by atoms with Gasteiger partial charge in [0.25, 0.3) is 0 Å². The van der Waals surface area contributed by atoms with Crippen LogP contribution in [0.2, 0.25) is 0 Å². The first-order valence-electron chi connectivity index (χ1n) is 6.65. The molecule has 0 fully saturated rings. The molecule has 0 bridgehead atoms. The third-order valence-electron chi connectivity index (χ3n) is 2.56. The molecular formula is C16H17CuNO4S. The molecule has 5 nitrogen and oxygen atoms in total. The maximum atomic E-state index is 8.89. The first-order valence-corrected chi connectivity index (χ1v) is 7.47. The largest absolute Gasteiger partial charge is 2.00 e. The Balaban J connectivity index is 0.000000461. The summed E-state index contributed by atoms with van der Waals surface area (Å²) in [5.74, 6) is -2.17. The van der Waals surface area contributed by atoms with E-state index in [1.807, 2.05) is 11.8 Å². The molecule has 0 spiro atoms. The van der Waals surface area contributed by atoms with Gasteiger partial charge in [0, 0.05) is 27.4 Å². The van der Waals surface area contributed by atoms with Gasteiger partial charge in [-0.25, -0.2) is 0 Å². The van der Waals surface area contributed by atoms with Crippen molar-refractivity contribution in [2.24, 2.45) is 0 Å². The molecule has 0 aromatic heterocycles. The number of thioether (sulfide) groups is 1. The van der Waals surface area contributed by atoms with Gasteiger partial charge in [-0.15, -0.1) is 0 Å². The number of allylic oxidation sites excluding steroid dienone is 2. The summed E-state index contributed by atoms with van der Waals surface area (Å²) in [6.45, 7) is 1.94. The van der Waals surface area contributed by atoms with E-state index in [1.165, 1.54) is 15.5 Å². The van der Waals surface area contributed by atoms with Crippen molar-refractivity contribution in [3.8, 4) is 0 Å². The van der Waals surface area contributed by atoms with Crippen LogP contribution in [-0.4, -0.2) is 18.0 Å². The molecule has 0 saturated heterocycles. The third-order valence-corrected chi connectivity index (χ3v) is 3.79.